The van der Waals surface area contributed by atoms with Gasteiger partial charge in [0.05, 0.1) is 18.3 Å². The van der Waals surface area contributed by atoms with E-state index in [1.807, 2.05) is 0 Å². The third-order valence-corrected chi connectivity index (χ3v) is 13.3. The fourth-order valence-corrected chi connectivity index (χ4v) is 11.0. The predicted octanol–water partition coefficient (Wildman–Crippen LogP) is 5.20. The van der Waals surface area contributed by atoms with Crippen LogP contribution in [0.4, 0.5) is 8.78 Å². The highest BCUT2D eigenvalue weighted by atomic mass is 19.2. The summed E-state index contributed by atoms with van der Waals surface area (Å²) in [5.74, 6) is -2.16. The molecule has 1 saturated heterocycles. The first-order chi connectivity index (χ1) is 19.4. The van der Waals surface area contributed by atoms with Gasteiger partial charge in [0.1, 0.15) is 0 Å². The number of Topliss-reactive ketones (excluding diaryl/α,β-unsaturated/α-hetero) is 1. The number of likely N-dealkylation sites (tertiary alicyclic amines) is 1. The molecule has 9 atom stereocenters. The summed E-state index contributed by atoms with van der Waals surface area (Å²) in [5.41, 5.74) is -1.93. The van der Waals surface area contributed by atoms with E-state index in [4.69, 9.17) is 0 Å². The summed E-state index contributed by atoms with van der Waals surface area (Å²) >= 11 is 0. The van der Waals surface area contributed by atoms with Gasteiger partial charge in [-0.25, -0.2) is 8.78 Å². The molecule has 0 radical (unpaired) electrons. The maximum absolute atomic E-state index is 14.4. The minimum absolute atomic E-state index is 0.00681. The monoisotopic (exact) mass is 567 g/mol. The first-order valence-electron chi connectivity index (χ1n) is 15.6. The van der Waals surface area contributed by atoms with E-state index >= 15 is 0 Å². The summed E-state index contributed by atoms with van der Waals surface area (Å²) in [7, 11) is 0. The van der Waals surface area contributed by atoms with E-state index in [1.54, 1.807) is 0 Å². The highest BCUT2D eigenvalue weighted by Gasteiger charge is 2.74. The molecule has 5 nitrogen and oxygen atoms in total. The van der Waals surface area contributed by atoms with Crippen LogP contribution in [0.3, 0.4) is 0 Å². The van der Waals surface area contributed by atoms with Crippen molar-refractivity contribution in [2.24, 2.45) is 33.5 Å². The van der Waals surface area contributed by atoms with Gasteiger partial charge in [-0.15, -0.1) is 0 Å². The lowest BCUT2D eigenvalue weighted by molar-refractivity contribution is -0.177. The number of benzene rings is 1. The Morgan fingerprint density at radius 2 is 1.73 bits per heavy atom. The van der Waals surface area contributed by atoms with E-state index < -0.39 is 39.6 Å². The number of halogens is 2. The lowest BCUT2D eigenvalue weighted by Gasteiger charge is -2.71. The Morgan fingerprint density at radius 1 is 1.00 bits per heavy atom. The molecule has 41 heavy (non-hydrogen) atoms. The standard InChI is InChI=1S/C34H43F2NO4/c1-30-10-7-23(39)17-32(30)13-14-34(24(18-32)29(40)21-5-6-25(35)26(36)16-21)27(30)8-11-31(2)28(34)9-12-33(31,41)20-37-15-3-4-22(37)19-38/h5-6,13-14,16,18,22-23,27-28,38-39,41H,3-4,7-12,15,17,19-20H2,1-2H3. The zero-order chi connectivity index (χ0) is 29.0. The molecule has 4 fully saturated rings. The van der Waals surface area contributed by atoms with Crippen molar-refractivity contribution in [2.45, 2.75) is 89.4 Å². The van der Waals surface area contributed by atoms with E-state index in [2.05, 4.69) is 37.0 Å². The largest absolute Gasteiger partial charge is 0.395 e. The molecule has 1 aromatic carbocycles. The van der Waals surface area contributed by atoms with Crippen molar-refractivity contribution in [3.63, 3.8) is 0 Å². The molecule has 1 aromatic rings. The van der Waals surface area contributed by atoms with Crippen molar-refractivity contribution >= 4 is 5.78 Å². The fraction of sp³-hybridized carbons (Fsp3) is 0.676. The van der Waals surface area contributed by atoms with Gasteiger partial charge < -0.3 is 15.3 Å². The molecule has 1 aliphatic heterocycles. The lowest BCUT2D eigenvalue weighted by atomic mass is 9.32. The van der Waals surface area contributed by atoms with Gasteiger partial charge in [0, 0.05) is 40.0 Å². The normalized spacial score (nSPS) is 46.7. The molecule has 7 heteroatoms. The highest BCUT2D eigenvalue weighted by molar-refractivity contribution is 6.10. The molecule has 2 bridgehead atoms. The van der Waals surface area contributed by atoms with Crippen LogP contribution in [-0.4, -0.2) is 63.4 Å². The van der Waals surface area contributed by atoms with Gasteiger partial charge in [0.25, 0.3) is 0 Å². The Kier molecular flexibility index (Phi) is 6.15. The van der Waals surface area contributed by atoms with Crippen molar-refractivity contribution in [3.05, 3.63) is 59.2 Å². The van der Waals surface area contributed by atoms with Crippen molar-refractivity contribution in [1.82, 2.24) is 4.90 Å². The maximum Gasteiger partial charge on any atom is 0.189 e. The summed E-state index contributed by atoms with van der Waals surface area (Å²) < 4.78 is 28.3. The van der Waals surface area contributed by atoms with Crippen molar-refractivity contribution in [1.29, 1.82) is 0 Å². The average Bonchev–Trinajstić information content (AvgIpc) is 3.50. The Morgan fingerprint density at radius 3 is 2.49 bits per heavy atom. The minimum Gasteiger partial charge on any atom is -0.395 e. The summed E-state index contributed by atoms with van der Waals surface area (Å²) in [5, 5.41) is 33.3. The summed E-state index contributed by atoms with van der Waals surface area (Å²) in [6.45, 7) is 6.00. The third-order valence-electron chi connectivity index (χ3n) is 13.3. The summed E-state index contributed by atoms with van der Waals surface area (Å²) in [6.07, 6.45) is 13.3. The first-order valence-corrected chi connectivity index (χ1v) is 15.6. The summed E-state index contributed by atoms with van der Waals surface area (Å²) in [6, 6.07) is 3.48. The summed E-state index contributed by atoms with van der Waals surface area (Å²) in [4.78, 5) is 16.7. The van der Waals surface area contributed by atoms with Gasteiger partial charge in [-0.3, -0.25) is 9.69 Å². The highest BCUT2D eigenvalue weighted by Crippen LogP contribution is 2.78. The first kappa shape index (κ1) is 27.9. The van der Waals surface area contributed by atoms with Crippen molar-refractivity contribution in [2.75, 3.05) is 19.7 Å². The number of carbonyl (C=O) groups excluding carboxylic acids is 1. The molecule has 0 aromatic heterocycles. The molecule has 0 amide bonds. The number of ketones is 1. The number of rotatable bonds is 5. The van der Waals surface area contributed by atoms with Crippen molar-refractivity contribution < 1.29 is 28.9 Å². The van der Waals surface area contributed by atoms with Crippen LogP contribution in [-0.2, 0) is 0 Å². The average molecular weight is 568 g/mol. The number of nitrogens with zero attached hydrogens (tertiary/aromatic N) is 1. The second-order valence-corrected chi connectivity index (χ2v) is 14.7. The quantitative estimate of drug-likeness (QED) is 0.337. The topological polar surface area (TPSA) is 81.0 Å². The molecular weight excluding hydrogens is 524 g/mol. The van der Waals surface area contributed by atoms with E-state index in [1.165, 1.54) is 6.07 Å². The van der Waals surface area contributed by atoms with Crippen LogP contribution in [0.25, 0.3) is 0 Å². The number of aliphatic hydroxyl groups is 3. The SMILES string of the molecule is CC12CCC(O)CC13C=CC1(C(C(=O)c4ccc(F)c(F)c4)=C3)C2CCC2(C)C1CCC2(O)CN1CCCC1CO. The molecule has 8 rings (SSSR count). The van der Waals surface area contributed by atoms with Gasteiger partial charge in [-0.2, -0.15) is 0 Å². The molecule has 1 heterocycles. The van der Waals surface area contributed by atoms with Crippen LogP contribution in [0.1, 0.15) is 82.0 Å². The van der Waals surface area contributed by atoms with Gasteiger partial charge in [0.2, 0.25) is 0 Å². The predicted molar refractivity (Wildman–Crippen MR) is 151 cm³/mol. The fourth-order valence-electron chi connectivity index (χ4n) is 11.0. The van der Waals surface area contributed by atoms with Crippen molar-refractivity contribution in [3.8, 4) is 0 Å². The van der Waals surface area contributed by atoms with Gasteiger partial charge >= 0.3 is 0 Å². The molecular formula is C34H43F2NO4. The third kappa shape index (κ3) is 3.49. The Hall–Kier alpha value is -1.93. The Balaban J connectivity index is 1.36. The van der Waals surface area contributed by atoms with E-state index in [9.17, 15) is 28.9 Å². The number of hydrogen-bond acceptors (Lipinski definition) is 5. The maximum atomic E-state index is 14.4. The van der Waals surface area contributed by atoms with Gasteiger partial charge in [-0.05, 0) is 99.8 Å². The van der Waals surface area contributed by atoms with Crippen LogP contribution in [0.2, 0.25) is 0 Å². The second kappa shape index (κ2) is 9.04. The minimum atomic E-state index is -1.04. The number of carbonyl (C=O) groups is 1. The van der Waals surface area contributed by atoms with E-state index in [-0.39, 0.29) is 41.2 Å². The van der Waals surface area contributed by atoms with Gasteiger partial charge in [0.15, 0.2) is 17.4 Å². The zero-order valence-electron chi connectivity index (χ0n) is 24.2. The second-order valence-electron chi connectivity index (χ2n) is 14.7. The number of hydrogen-bond donors (Lipinski definition) is 3. The number of allylic oxidation sites excluding steroid dienone is 4. The molecule has 7 aliphatic rings. The molecule has 3 saturated carbocycles. The molecule has 222 valence electrons. The number of fused-ring (bicyclic) bond motifs is 1. The zero-order valence-corrected chi connectivity index (χ0v) is 24.2. The molecule has 2 spiro atoms. The van der Waals surface area contributed by atoms with Crippen LogP contribution in [0.5, 0.6) is 0 Å². The van der Waals surface area contributed by atoms with Crippen LogP contribution in [0, 0.1) is 45.1 Å². The Bertz CT molecular complexity index is 1350. The molecule has 6 aliphatic carbocycles. The number of β-amino-alcohol motifs (C(OH)–C–C–N with tert-alkyl or cyclic N) is 1. The van der Waals surface area contributed by atoms with Crippen LogP contribution < -0.4 is 0 Å². The lowest BCUT2D eigenvalue weighted by Crippen LogP contribution is -2.67. The van der Waals surface area contributed by atoms with Gasteiger partial charge in [-0.1, -0.05) is 32.1 Å². The van der Waals surface area contributed by atoms with E-state index in [0.717, 1.165) is 63.6 Å². The number of aliphatic hydroxyl groups excluding tert-OH is 2. The Labute approximate surface area is 241 Å². The molecule has 3 N–H and O–H groups in total. The van der Waals surface area contributed by atoms with Crippen LogP contribution in [0.15, 0.2) is 42.0 Å². The van der Waals surface area contributed by atoms with Crippen LogP contribution >= 0.6 is 0 Å². The molecule has 9 unspecified atom stereocenters. The van der Waals surface area contributed by atoms with E-state index in [0.29, 0.717) is 25.0 Å². The smallest absolute Gasteiger partial charge is 0.189 e.